The minimum absolute atomic E-state index is 0.0324. The molecule has 0 aliphatic heterocycles. The van der Waals surface area contributed by atoms with E-state index in [0.717, 1.165) is 6.07 Å². The van der Waals surface area contributed by atoms with E-state index in [4.69, 9.17) is 5.11 Å². The lowest BCUT2D eigenvalue weighted by Gasteiger charge is -2.03. The maximum absolute atomic E-state index is 12.7. The molecule has 0 aromatic heterocycles. The number of benzene rings is 1. The van der Waals surface area contributed by atoms with Crippen LogP contribution in [0.5, 0.6) is 0 Å². The molecule has 0 aliphatic carbocycles. The molecule has 1 aromatic rings. The van der Waals surface area contributed by atoms with Crippen LogP contribution in [0.3, 0.4) is 0 Å². The van der Waals surface area contributed by atoms with Crippen molar-refractivity contribution in [3.8, 4) is 0 Å². The van der Waals surface area contributed by atoms with E-state index in [-0.39, 0.29) is 5.56 Å². The molecule has 0 aliphatic rings. The van der Waals surface area contributed by atoms with Gasteiger partial charge in [-0.3, -0.25) is 0 Å². The van der Waals surface area contributed by atoms with Crippen molar-refractivity contribution in [3.63, 3.8) is 0 Å². The number of rotatable bonds is 1. The summed E-state index contributed by atoms with van der Waals surface area (Å²) in [7, 11) is 0. The summed E-state index contributed by atoms with van der Waals surface area (Å²) in [5.74, 6) is -1.87. The Kier molecular flexibility index (Phi) is 5.23. The summed E-state index contributed by atoms with van der Waals surface area (Å²) >= 11 is 0. The summed E-state index contributed by atoms with van der Waals surface area (Å²) in [6, 6.07) is 2.48. The van der Waals surface area contributed by atoms with Gasteiger partial charge in [-0.2, -0.15) is 0 Å². The fraction of sp³-hybridized carbons (Fsp3) is 0.400. The van der Waals surface area contributed by atoms with Gasteiger partial charge in [0.2, 0.25) is 0 Å². The molecule has 74 valence electrons. The molecule has 1 nitrogen and oxygen atoms in total. The van der Waals surface area contributed by atoms with Crippen LogP contribution in [-0.2, 0) is 6.61 Å². The lowest BCUT2D eigenvalue weighted by molar-refractivity contribution is 0.272. The van der Waals surface area contributed by atoms with E-state index in [0.29, 0.717) is 5.56 Å². The molecular weight excluding hydrogens is 174 g/mol. The van der Waals surface area contributed by atoms with Crippen LogP contribution in [0.15, 0.2) is 12.1 Å². The smallest absolute Gasteiger partial charge is 0.164 e. The molecule has 0 saturated carbocycles. The van der Waals surface area contributed by atoms with Gasteiger partial charge in [-0.15, -0.1) is 0 Å². The first-order chi connectivity index (χ1) is 6.16. The predicted molar refractivity (Wildman–Crippen MR) is 48.4 cm³/mol. The lowest BCUT2D eigenvalue weighted by Crippen LogP contribution is -1.96. The van der Waals surface area contributed by atoms with Crippen molar-refractivity contribution in [2.45, 2.75) is 27.4 Å². The van der Waals surface area contributed by atoms with Gasteiger partial charge in [-0.05, 0) is 18.6 Å². The van der Waals surface area contributed by atoms with E-state index >= 15 is 0 Å². The zero-order valence-electron chi connectivity index (χ0n) is 8.06. The van der Waals surface area contributed by atoms with Gasteiger partial charge in [-0.1, -0.05) is 19.9 Å². The van der Waals surface area contributed by atoms with E-state index in [2.05, 4.69) is 0 Å². The highest BCUT2D eigenvalue weighted by Crippen LogP contribution is 2.15. The highest BCUT2D eigenvalue weighted by Gasteiger charge is 2.08. The summed E-state index contributed by atoms with van der Waals surface area (Å²) in [6.45, 7) is 5.16. The van der Waals surface area contributed by atoms with Crippen molar-refractivity contribution in [2.24, 2.45) is 0 Å². The fourth-order valence-electron chi connectivity index (χ4n) is 0.883. The van der Waals surface area contributed by atoms with Crippen molar-refractivity contribution in [1.29, 1.82) is 0 Å². The molecule has 3 heteroatoms. The molecule has 1 rings (SSSR count). The van der Waals surface area contributed by atoms with Crippen LogP contribution in [0.2, 0.25) is 0 Å². The van der Waals surface area contributed by atoms with Crippen molar-refractivity contribution >= 4 is 0 Å². The predicted octanol–water partition coefficient (Wildman–Crippen LogP) is 2.79. The molecule has 0 heterocycles. The van der Waals surface area contributed by atoms with Crippen LogP contribution in [-0.4, -0.2) is 5.11 Å². The molecule has 0 amide bonds. The first kappa shape index (κ1) is 12.0. The van der Waals surface area contributed by atoms with Gasteiger partial charge < -0.3 is 5.11 Å². The Labute approximate surface area is 77.0 Å². The second-order valence-electron chi connectivity index (χ2n) is 2.31. The average Bonchev–Trinajstić information content (AvgIpc) is 2.16. The van der Waals surface area contributed by atoms with Gasteiger partial charge in [0.25, 0.3) is 0 Å². The van der Waals surface area contributed by atoms with Gasteiger partial charge in [0.1, 0.15) is 0 Å². The highest BCUT2D eigenvalue weighted by molar-refractivity contribution is 5.27. The molecule has 13 heavy (non-hydrogen) atoms. The standard InChI is InChI=1S/C8H8F2O.C2H6/c1-5-2-3-7(9)8(10)6(5)4-11;1-2/h2-3,11H,4H2,1H3;1-2H3. The van der Waals surface area contributed by atoms with Gasteiger partial charge in [-0.25, -0.2) is 8.78 Å². The van der Waals surface area contributed by atoms with Gasteiger partial charge in [0.05, 0.1) is 6.61 Å². The Morgan fingerprint density at radius 2 is 1.77 bits per heavy atom. The Morgan fingerprint density at radius 1 is 1.23 bits per heavy atom. The first-order valence-electron chi connectivity index (χ1n) is 4.21. The molecule has 0 atom stereocenters. The topological polar surface area (TPSA) is 20.2 Å². The first-order valence-corrected chi connectivity index (χ1v) is 4.21. The zero-order valence-corrected chi connectivity index (χ0v) is 8.06. The molecule has 0 bridgehead atoms. The van der Waals surface area contributed by atoms with Crippen LogP contribution in [0.1, 0.15) is 25.0 Å². The van der Waals surface area contributed by atoms with Crippen molar-refractivity contribution in [1.82, 2.24) is 0 Å². The highest BCUT2D eigenvalue weighted by atomic mass is 19.2. The number of aryl methyl sites for hydroxylation is 1. The maximum Gasteiger partial charge on any atom is 0.164 e. The van der Waals surface area contributed by atoms with Crippen LogP contribution in [0, 0.1) is 18.6 Å². The van der Waals surface area contributed by atoms with Crippen LogP contribution in [0.25, 0.3) is 0 Å². The monoisotopic (exact) mass is 188 g/mol. The van der Waals surface area contributed by atoms with Gasteiger partial charge >= 0.3 is 0 Å². The summed E-state index contributed by atoms with van der Waals surface area (Å²) in [5.41, 5.74) is 0.594. The van der Waals surface area contributed by atoms with Crippen molar-refractivity contribution < 1.29 is 13.9 Å². The average molecular weight is 188 g/mol. The van der Waals surface area contributed by atoms with Gasteiger partial charge in [0.15, 0.2) is 11.6 Å². The van der Waals surface area contributed by atoms with Crippen LogP contribution >= 0.6 is 0 Å². The SMILES string of the molecule is CC.Cc1ccc(F)c(F)c1CO. The Bertz CT molecular complexity index is 272. The van der Waals surface area contributed by atoms with Gasteiger partial charge in [0, 0.05) is 5.56 Å². The molecule has 0 radical (unpaired) electrons. The number of halogens is 2. The quantitative estimate of drug-likeness (QED) is 0.718. The molecule has 0 spiro atoms. The third kappa shape index (κ3) is 2.77. The minimum atomic E-state index is -0.951. The van der Waals surface area contributed by atoms with E-state index in [9.17, 15) is 8.78 Å². The van der Waals surface area contributed by atoms with Crippen LogP contribution < -0.4 is 0 Å². The summed E-state index contributed by atoms with van der Waals surface area (Å²) in [5, 5.41) is 8.62. The van der Waals surface area contributed by atoms with Crippen molar-refractivity contribution in [2.75, 3.05) is 0 Å². The third-order valence-corrected chi connectivity index (χ3v) is 1.59. The second kappa shape index (κ2) is 5.65. The molecule has 0 fully saturated rings. The molecule has 1 N–H and O–H groups in total. The fourth-order valence-corrected chi connectivity index (χ4v) is 0.883. The molecule has 0 unspecified atom stereocenters. The van der Waals surface area contributed by atoms with E-state index < -0.39 is 18.2 Å². The number of hydrogen-bond donors (Lipinski definition) is 1. The second-order valence-corrected chi connectivity index (χ2v) is 2.31. The normalized spacial score (nSPS) is 9.08. The Hall–Kier alpha value is -0.960. The minimum Gasteiger partial charge on any atom is -0.392 e. The Balaban J connectivity index is 0.000000671. The summed E-state index contributed by atoms with van der Waals surface area (Å²) < 4.78 is 25.2. The summed E-state index contributed by atoms with van der Waals surface area (Å²) in [6.07, 6.45) is 0. The zero-order chi connectivity index (χ0) is 10.4. The maximum atomic E-state index is 12.7. The Morgan fingerprint density at radius 3 is 2.15 bits per heavy atom. The van der Waals surface area contributed by atoms with E-state index in [1.54, 1.807) is 6.92 Å². The lowest BCUT2D eigenvalue weighted by atomic mass is 10.1. The molecule has 0 saturated heterocycles. The largest absolute Gasteiger partial charge is 0.392 e. The molecule has 1 aromatic carbocycles. The van der Waals surface area contributed by atoms with Crippen molar-refractivity contribution in [3.05, 3.63) is 34.9 Å². The van der Waals surface area contributed by atoms with E-state index in [1.807, 2.05) is 13.8 Å². The van der Waals surface area contributed by atoms with E-state index in [1.165, 1.54) is 6.07 Å². The molecular formula is C10H14F2O. The number of aliphatic hydroxyl groups excluding tert-OH is 1. The number of hydrogen-bond acceptors (Lipinski definition) is 1. The van der Waals surface area contributed by atoms with Crippen LogP contribution in [0.4, 0.5) is 8.78 Å². The summed E-state index contributed by atoms with van der Waals surface area (Å²) in [4.78, 5) is 0. The third-order valence-electron chi connectivity index (χ3n) is 1.59. The number of aliphatic hydroxyl groups is 1.